The summed E-state index contributed by atoms with van der Waals surface area (Å²) in [5, 5.41) is 0. The minimum atomic E-state index is 0.863. The zero-order valence-corrected chi connectivity index (χ0v) is 9.83. The van der Waals surface area contributed by atoms with E-state index in [1.165, 1.54) is 12.8 Å². The van der Waals surface area contributed by atoms with Crippen LogP contribution in [-0.4, -0.2) is 18.6 Å². The van der Waals surface area contributed by atoms with E-state index in [1.807, 2.05) is 6.21 Å². The predicted octanol–water partition coefficient (Wildman–Crippen LogP) is 3.33. The molecule has 0 spiro atoms. The molecule has 0 aromatic rings. The molecule has 2 aliphatic rings. The Kier molecular flexibility index (Phi) is 3.51. The van der Waals surface area contributed by atoms with Gasteiger partial charge in [0, 0.05) is 23.7 Å². The van der Waals surface area contributed by atoms with E-state index in [0.29, 0.717) is 0 Å². The van der Waals surface area contributed by atoms with Crippen molar-refractivity contribution < 1.29 is 0 Å². The maximum Gasteiger partial charge on any atom is 0.123 e. The quantitative estimate of drug-likeness (QED) is 0.723. The van der Waals surface area contributed by atoms with E-state index in [1.54, 1.807) is 0 Å². The van der Waals surface area contributed by atoms with Gasteiger partial charge in [0.1, 0.15) is 5.84 Å². The Bertz CT molecular complexity index is 288. The molecule has 0 N–H and O–H groups in total. The highest BCUT2D eigenvalue weighted by Crippen LogP contribution is 2.29. The molecule has 0 unspecified atom stereocenters. The number of halogens is 1. The predicted molar refractivity (Wildman–Crippen MR) is 64.4 cm³/mol. The molecule has 2 nitrogen and oxygen atoms in total. The minimum absolute atomic E-state index is 0.863. The van der Waals surface area contributed by atoms with Crippen LogP contribution in [-0.2, 0) is 0 Å². The average molecular weight is 255 g/mol. The van der Waals surface area contributed by atoms with Crippen molar-refractivity contribution in [2.24, 2.45) is 15.9 Å². The SMILES string of the molecule is Br/C1=C/CCCC(=NCC2CC2)N=C1. The molecule has 3 heteroatoms. The Morgan fingerprint density at radius 3 is 3.14 bits per heavy atom. The highest BCUT2D eigenvalue weighted by Gasteiger charge is 2.20. The van der Waals surface area contributed by atoms with Crippen LogP contribution in [0.4, 0.5) is 0 Å². The fraction of sp³-hybridized carbons (Fsp3) is 0.636. The molecule has 14 heavy (non-hydrogen) atoms. The molecule has 1 heterocycles. The van der Waals surface area contributed by atoms with Gasteiger partial charge < -0.3 is 0 Å². The van der Waals surface area contributed by atoms with Crippen LogP contribution >= 0.6 is 15.9 Å². The number of rotatable bonds is 2. The van der Waals surface area contributed by atoms with Crippen molar-refractivity contribution in [1.82, 2.24) is 0 Å². The first-order valence-electron chi connectivity index (χ1n) is 5.27. The number of nitrogens with zero attached hydrogens (tertiary/aromatic N) is 2. The van der Waals surface area contributed by atoms with Crippen LogP contribution in [0, 0.1) is 5.92 Å². The summed E-state index contributed by atoms with van der Waals surface area (Å²) in [7, 11) is 0. The van der Waals surface area contributed by atoms with Gasteiger partial charge in [-0.15, -0.1) is 0 Å². The van der Waals surface area contributed by atoms with Crippen LogP contribution in [0.1, 0.15) is 32.1 Å². The van der Waals surface area contributed by atoms with Gasteiger partial charge in [0.25, 0.3) is 0 Å². The van der Waals surface area contributed by atoms with Crippen molar-refractivity contribution in [3.8, 4) is 0 Å². The monoisotopic (exact) mass is 254 g/mol. The summed E-state index contributed by atoms with van der Waals surface area (Å²) in [5.74, 6) is 1.89. The van der Waals surface area contributed by atoms with Crippen molar-refractivity contribution in [2.75, 3.05) is 6.54 Å². The van der Waals surface area contributed by atoms with E-state index < -0.39 is 0 Å². The van der Waals surface area contributed by atoms with Gasteiger partial charge in [-0.2, -0.15) is 0 Å². The molecule has 2 rings (SSSR count). The van der Waals surface area contributed by atoms with Crippen molar-refractivity contribution >= 4 is 28.0 Å². The Balaban J connectivity index is 1.95. The summed E-state index contributed by atoms with van der Waals surface area (Å²) < 4.78 is 1.08. The lowest BCUT2D eigenvalue weighted by Gasteiger charge is -2.03. The largest absolute Gasteiger partial charge is 0.270 e. The molecule has 76 valence electrons. The topological polar surface area (TPSA) is 24.7 Å². The van der Waals surface area contributed by atoms with Gasteiger partial charge in [0.2, 0.25) is 0 Å². The summed E-state index contributed by atoms with van der Waals surface area (Å²) in [6, 6.07) is 0. The maximum absolute atomic E-state index is 4.55. The Morgan fingerprint density at radius 1 is 1.50 bits per heavy atom. The molecule has 0 radical (unpaired) electrons. The number of aliphatic imine (C=N–C) groups is 2. The second-order valence-corrected chi connectivity index (χ2v) is 4.86. The molecule has 1 aliphatic carbocycles. The zero-order valence-electron chi connectivity index (χ0n) is 8.25. The molecule has 0 bridgehead atoms. The third-order valence-electron chi connectivity index (χ3n) is 2.51. The second-order valence-electron chi connectivity index (χ2n) is 3.94. The third kappa shape index (κ3) is 3.37. The fourth-order valence-corrected chi connectivity index (χ4v) is 1.74. The van der Waals surface area contributed by atoms with Crippen molar-refractivity contribution in [3.63, 3.8) is 0 Å². The van der Waals surface area contributed by atoms with E-state index in [2.05, 4.69) is 32.0 Å². The van der Waals surface area contributed by atoms with Crippen LogP contribution in [0.2, 0.25) is 0 Å². The lowest BCUT2D eigenvalue weighted by atomic mass is 10.2. The van der Waals surface area contributed by atoms with Gasteiger partial charge in [-0.05, 0) is 47.5 Å². The summed E-state index contributed by atoms with van der Waals surface area (Å²) in [6.07, 6.45) is 10.1. The van der Waals surface area contributed by atoms with Crippen molar-refractivity contribution in [3.05, 3.63) is 10.6 Å². The van der Waals surface area contributed by atoms with Gasteiger partial charge >= 0.3 is 0 Å². The number of hydrogen-bond acceptors (Lipinski definition) is 1. The van der Waals surface area contributed by atoms with Gasteiger partial charge in [0.05, 0.1) is 0 Å². The van der Waals surface area contributed by atoms with E-state index in [0.717, 1.165) is 42.0 Å². The molecule has 0 saturated heterocycles. The summed E-state index contributed by atoms with van der Waals surface area (Å²) >= 11 is 3.45. The third-order valence-corrected chi connectivity index (χ3v) is 3.04. The van der Waals surface area contributed by atoms with E-state index in [9.17, 15) is 0 Å². The lowest BCUT2D eigenvalue weighted by Crippen LogP contribution is -2.00. The fourth-order valence-electron chi connectivity index (χ4n) is 1.41. The van der Waals surface area contributed by atoms with Crippen LogP contribution in [0.3, 0.4) is 0 Å². The van der Waals surface area contributed by atoms with Gasteiger partial charge in [-0.1, -0.05) is 6.08 Å². The Morgan fingerprint density at radius 2 is 2.36 bits per heavy atom. The van der Waals surface area contributed by atoms with E-state index >= 15 is 0 Å². The molecule has 0 aromatic carbocycles. The molecule has 1 fully saturated rings. The standard InChI is InChI=1S/C11H15BrN2/c12-10-3-1-2-4-11(14-8-10)13-7-9-5-6-9/h3,8-9H,1-2,4-7H2/b10-3+,13-11?,14-8?. The summed E-state index contributed by atoms with van der Waals surface area (Å²) in [5.41, 5.74) is 0. The summed E-state index contributed by atoms with van der Waals surface area (Å²) in [6.45, 7) is 0.994. The second kappa shape index (κ2) is 4.87. The lowest BCUT2D eigenvalue weighted by molar-refractivity contribution is 0.826. The number of amidine groups is 1. The normalized spacial score (nSPS) is 29.5. The summed E-state index contributed by atoms with van der Waals surface area (Å²) in [4.78, 5) is 8.93. The van der Waals surface area contributed by atoms with E-state index in [4.69, 9.17) is 0 Å². The first kappa shape index (κ1) is 10.1. The first-order valence-corrected chi connectivity index (χ1v) is 6.07. The molecular weight excluding hydrogens is 240 g/mol. The molecule has 1 aliphatic heterocycles. The molecule has 0 amide bonds. The molecule has 0 aromatic heterocycles. The van der Waals surface area contributed by atoms with Gasteiger partial charge in [0.15, 0.2) is 0 Å². The minimum Gasteiger partial charge on any atom is -0.270 e. The van der Waals surface area contributed by atoms with Crippen molar-refractivity contribution in [2.45, 2.75) is 32.1 Å². The van der Waals surface area contributed by atoms with Crippen molar-refractivity contribution in [1.29, 1.82) is 0 Å². The smallest absolute Gasteiger partial charge is 0.123 e. The maximum atomic E-state index is 4.55. The zero-order chi connectivity index (χ0) is 9.80. The van der Waals surface area contributed by atoms with Gasteiger partial charge in [-0.3, -0.25) is 4.99 Å². The van der Waals surface area contributed by atoms with E-state index in [-0.39, 0.29) is 0 Å². The Hall–Kier alpha value is -0.440. The molecule has 1 saturated carbocycles. The molecular formula is C11H15BrN2. The van der Waals surface area contributed by atoms with Crippen LogP contribution in [0.25, 0.3) is 0 Å². The first-order chi connectivity index (χ1) is 6.84. The molecule has 0 atom stereocenters. The number of allylic oxidation sites excluding steroid dienone is 2. The number of hydrogen-bond donors (Lipinski definition) is 0. The Labute approximate surface area is 93.3 Å². The van der Waals surface area contributed by atoms with Crippen LogP contribution in [0.15, 0.2) is 20.5 Å². The van der Waals surface area contributed by atoms with Crippen LogP contribution in [0.5, 0.6) is 0 Å². The van der Waals surface area contributed by atoms with Crippen LogP contribution < -0.4 is 0 Å². The average Bonchev–Trinajstić information content (AvgIpc) is 2.95. The highest BCUT2D eigenvalue weighted by atomic mass is 79.9. The van der Waals surface area contributed by atoms with Gasteiger partial charge in [-0.25, -0.2) is 4.99 Å². The highest BCUT2D eigenvalue weighted by molar-refractivity contribution is 9.12.